The normalized spacial score (nSPS) is 16.1. The molecule has 25 heavy (non-hydrogen) atoms. The lowest BCUT2D eigenvalue weighted by Gasteiger charge is -2.20. The Hall–Kier alpha value is -1.88. The standard InChI is InChI=1S/C20H25N3OS/c1-13(2)23-17-10-6-9-16(18(17)22-20(23)24)19-21-15(12-25-19)11-14-7-4-3-5-8-14/h6,9-10,12-14H,3-5,7-8,11H2,1-2H3,(H,22,24). The topological polar surface area (TPSA) is 50.7 Å². The second kappa shape index (κ2) is 6.79. The minimum atomic E-state index is -0.0450. The SMILES string of the molecule is CC(C)n1c(=O)[nH]c2c(-c3nc(CC4CCCCC4)cs3)cccc21. The van der Waals surface area contributed by atoms with Crippen molar-refractivity contribution in [1.82, 2.24) is 14.5 Å². The molecule has 2 aromatic heterocycles. The highest BCUT2D eigenvalue weighted by Crippen LogP contribution is 2.32. The molecule has 1 N–H and O–H groups in total. The zero-order valence-corrected chi connectivity index (χ0v) is 15.7. The molecule has 5 heteroatoms. The molecule has 0 aliphatic heterocycles. The number of nitrogens with one attached hydrogen (secondary N) is 1. The average molecular weight is 356 g/mol. The van der Waals surface area contributed by atoms with Crippen molar-refractivity contribution >= 4 is 22.4 Å². The molecule has 0 radical (unpaired) electrons. The van der Waals surface area contributed by atoms with Crippen molar-refractivity contribution < 1.29 is 0 Å². The summed E-state index contributed by atoms with van der Waals surface area (Å²) in [6, 6.07) is 6.22. The summed E-state index contributed by atoms with van der Waals surface area (Å²) in [5.41, 5.74) is 4.06. The Kier molecular flexibility index (Phi) is 4.50. The van der Waals surface area contributed by atoms with E-state index in [0.29, 0.717) is 0 Å². The largest absolute Gasteiger partial charge is 0.326 e. The number of rotatable bonds is 4. The summed E-state index contributed by atoms with van der Waals surface area (Å²) in [7, 11) is 0. The fourth-order valence-electron chi connectivity index (χ4n) is 4.05. The van der Waals surface area contributed by atoms with E-state index in [1.165, 1.54) is 37.8 Å². The molecule has 4 nitrogen and oxygen atoms in total. The Labute approximate surface area is 151 Å². The van der Waals surface area contributed by atoms with Gasteiger partial charge in [-0.1, -0.05) is 38.2 Å². The highest BCUT2D eigenvalue weighted by atomic mass is 32.1. The number of imidazole rings is 1. The van der Waals surface area contributed by atoms with Crippen molar-refractivity contribution in [3.8, 4) is 10.6 Å². The Morgan fingerprint density at radius 1 is 1.28 bits per heavy atom. The maximum absolute atomic E-state index is 12.3. The number of H-pyrrole nitrogens is 1. The molecule has 0 bridgehead atoms. The van der Waals surface area contributed by atoms with Gasteiger partial charge in [0.15, 0.2) is 0 Å². The molecule has 1 aliphatic carbocycles. The van der Waals surface area contributed by atoms with Gasteiger partial charge in [-0.25, -0.2) is 9.78 Å². The van der Waals surface area contributed by atoms with Crippen LogP contribution in [0.1, 0.15) is 57.7 Å². The minimum absolute atomic E-state index is 0.0450. The molecule has 0 saturated heterocycles. The van der Waals surface area contributed by atoms with Crippen molar-refractivity contribution in [3.05, 3.63) is 39.8 Å². The van der Waals surface area contributed by atoms with Crippen LogP contribution in [0.25, 0.3) is 21.6 Å². The monoisotopic (exact) mass is 355 g/mol. The van der Waals surface area contributed by atoms with Crippen molar-refractivity contribution in [2.45, 2.75) is 58.4 Å². The summed E-state index contributed by atoms with van der Waals surface area (Å²) in [6.45, 7) is 4.07. The van der Waals surface area contributed by atoms with Crippen LogP contribution in [-0.2, 0) is 6.42 Å². The third-order valence-electron chi connectivity index (χ3n) is 5.27. The summed E-state index contributed by atoms with van der Waals surface area (Å²) in [4.78, 5) is 20.3. The molecule has 1 aromatic carbocycles. The molecule has 2 heterocycles. The van der Waals surface area contributed by atoms with Crippen LogP contribution in [0, 0.1) is 5.92 Å². The van der Waals surface area contributed by atoms with Crippen LogP contribution in [0.5, 0.6) is 0 Å². The second-order valence-electron chi connectivity index (χ2n) is 7.45. The van der Waals surface area contributed by atoms with Gasteiger partial charge in [0.25, 0.3) is 0 Å². The van der Waals surface area contributed by atoms with Crippen LogP contribution in [0.2, 0.25) is 0 Å². The number of thiazole rings is 1. The van der Waals surface area contributed by atoms with E-state index in [1.54, 1.807) is 11.3 Å². The third kappa shape index (κ3) is 3.17. The average Bonchev–Trinajstić information content (AvgIpc) is 3.18. The number of fused-ring (bicyclic) bond motifs is 1. The number of benzene rings is 1. The van der Waals surface area contributed by atoms with Crippen LogP contribution in [0.15, 0.2) is 28.4 Å². The maximum Gasteiger partial charge on any atom is 0.326 e. The lowest BCUT2D eigenvalue weighted by molar-refractivity contribution is 0.355. The van der Waals surface area contributed by atoms with Crippen LogP contribution >= 0.6 is 11.3 Å². The Morgan fingerprint density at radius 2 is 2.08 bits per heavy atom. The molecule has 1 saturated carbocycles. The quantitative estimate of drug-likeness (QED) is 0.703. The first-order valence-electron chi connectivity index (χ1n) is 9.31. The third-order valence-corrected chi connectivity index (χ3v) is 6.20. The molecular weight excluding hydrogens is 330 g/mol. The van der Waals surface area contributed by atoms with Crippen LogP contribution in [0.4, 0.5) is 0 Å². The molecule has 0 spiro atoms. The first-order valence-corrected chi connectivity index (χ1v) is 10.2. The molecule has 132 valence electrons. The fourth-order valence-corrected chi connectivity index (χ4v) is 4.91. The van der Waals surface area contributed by atoms with Crippen molar-refractivity contribution in [1.29, 1.82) is 0 Å². The zero-order valence-electron chi connectivity index (χ0n) is 14.9. The maximum atomic E-state index is 12.3. The van der Waals surface area contributed by atoms with E-state index >= 15 is 0 Å². The highest BCUT2D eigenvalue weighted by Gasteiger charge is 2.18. The molecule has 1 fully saturated rings. The summed E-state index contributed by atoms with van der Waals surface area (Å²) in [5.74, 6) is 0.793. The van der Waals surface area contributed by atoms with Gasteiger partial charge in [-0.2, -0.15) is 0 Å². The van der Waals surface area contributed by atoms with Crippen molar-refractivity contribution in [2.75, 3.05) is 0 Å². The van der Waals surface area contributed by atoms with E-state index in [4.69, 9.17) is 4.98 Å². The Morgan fingerprint density at radius 3 is 2.84 bits per heavy atom. The van der Waals surface area contributed by atoms with Gasteiger partial charge in [0.05, 0.1) is 16.7 Å². The molecule has 3 aromatic rings. The summed E-state index contributed by atoms with van der Waals surface area (Å²) < 4.78 is 1.81. The van der Waals surface area contributed by atoms with E-state index in [9.17, 15) is 4.79 Å². The van der Waals surface area contributed by atoms with Crippen LogP contribution < -0.4 is 5.69 Å². The van der Waals surface area contributed by atoms with E-state index < -0.39 is 0 Å². The van der Waals surface area contributed by atoms with E-state index in [2.05, 4.69) is 16.4 Å². The Bertz CT molecular complexity index is 928. The van der Waals surface area contributed by atoms with Crippen molar-refractivity contribution in [2.24, 2.45) is 5.92 Å². The molecule has 0 atom stereocenters. The second-order valence-corrected chi connectivity index (χ2v) is 8.30. The summed E-state index contributed by atoms with van der Waals surface area (Å²) >= 11 is 1.69. The van der Waals surface area contributed by atoms with Gasteiger partial charge in [-0.05, 0) is 38.3 Å². The predicted molar refractivity (Wildman–Crippen MR) is 104 cm³/mol. The first kappa shape index (κ1) is 16.6. The lowest BCUT2D eigenvalue weighted by Crippen LogP contribution is -2.18. The summed E-state index contributed by atoms with van der Waals surface area (Å²) in [5, 5.41) is 3.20. The van der Waals surface area contributed by atoms with E-state index in [0.717, 1.165) is 33.9 Å². The number of hydrogen-bond donors (Lipinski definition) is 1. The summed E-state index contributed by atoms with van der Waals surface area (Å²) in [6.07, 6.45) is 7.90. The van der Waals surface area contributed by atoms with Gasteiger partial charge in [-0.3, -0.25) is 4.57 Å². The fraction of sp³-hybridized carbons (Fsp3) is 0.500. The number of aromatic nitrogens is 3. The van der Waals surface area contributed by atoms with Crippen LogP contribution in [-0.4, -0.2) is 14.5 Å². The minimum Gasteiger partial charge on any atom is -0.305 e. The zero-order chi connectivity index (χ0) is 17.4. The number of hydrogen-bond acceptors (Lipinski definition) is 3. The molecule has 1 aliphatic rings. The number of nitrogens with zero attached hydrogens (tertiary/aromatic N) is 2. The van der Waals surface area contributed by atoms with Gasteiger partial charge in [0.2, 0.25) is 0 Å². The van der Waals surface area contributed by atoms with Crippen molar-refractivity contribution in [3.63, 3.8) is 0 Å². The van der Waals surface area contributed by atoms with E-state index in [-0.39, 0.29) is 11.7 Å². The molecular formula is C20H25N3OS. The Balaban J connectivity index is 1.68. The predicted octanol–water partition coefficient (Wildman–Crippen LogP) is 5.16. The van der Waals surface area contributed by atoms with E-state index in [1.807, 2.05) is 30.5 Å². The van der Waals surface area contributed by atoms with Gasteiger partial charge < -0.3 is 4.98 Å². The van der Waals surface area contributed by atoms with Gasteiger partial charge >= 0.3 is 5.69 Å². The number of aromatic amines is 1. The highest BCUT2D eigenvalue weighted by molar-refractivity contribution is 7.13. The first-order chi connectivity index (χ1) is 12.1. The smallest absolute Gasteiger partial charge is 0.305 e. The van der Waals surface area contributed by atoms with Crippen LogP contribution in [0.3, 0.4) is 0 Å². The molecule has 0 amide bonds. The van der Waals surface area contributed by atoms with Gasteiger partial charge in [0.1, 0.15) is 5.01 Å². The lowest BCUT2D eigenvalue weighted by atomic mass is 9.86. The molecule has 4 rings (SSSR count). The number of para-hydroxylation sites is 1. The van der Waals surface area contributed by atoms with Gasteiger partial charge in [0, 0.05) is 17.0 Å². The molecule has 0 unspecified atom stereocenters. The van der Waals surface area contributed by atoms with Gasteiger partial charge in [-0.15, -0.1) is 11.3 Å².